The lowest BCUT2D eigenvalue weighted by Gasteiger charge is -2.28. The van der Waals surface area contributed by atoms with Crippen LogP contribution in [0.3, 0.4) is 0 Å². The second-order valence-electron chi connectivity index (χ2n) is 7.36. The Kier molecular flexibility index (Phi) is 7.32. The van der Waals surface area contributed by atoms with Crippen molar-refractivity contribution in [3.05, 3.63) is 90.0 Å². The summed E-state index contributed by atoms with van der Waals surface area (Å²) in [6.45, 7) is 3.69. The Bertz CT molecular complexity index is 1050. The van der Waals surface area contributed by atoms with Crippen molar-refractivity contribution in [2.45, 2.75) is 6.61 Å². The van der Waals surface area contributed by atoms with Crippen LogP contribution < -0.4 is 20.3 Å². The first kappa shape index (κ1) is 21.8. The molecule has 1 aliphatic heterocycles. The molecule has 2 N–H and O–H groups in total. The van der Waals surface area contributed by atoms with Crippen molar-refractivity contribution in [2.24, 2.45) is 0 Å². The lowest BCUT2D eigenvalue weighted by atomic mass is 10.2. The third-order valence-corrected chi connectivity index (χ3v) is 5.28. The van der Waals surface area contributed by atoms with Gasteiger partial charge in [0, 0.05) is 30.0 Å². The molecular weight excluding hydrogens is 422 g/mol. The number of rotatable bonds is 6. The summed E-state index contributed by atoms with van der Waals surface area (Å²) in [5.41, 5.74) is 3.49. The Morgan fingerprint density at radius 2 is 1.72 bits per heavy atom. The summed E-state index contributed by atoms with van der Waals surface area (Å²) in [5, 5.41) is 6.02. The summed E-state index contributed by atoms with van der Waals surface area (Å²) in [4.78, 5) is 14.9. The van der Waals surface area contributed by atoms with Crippen LogP contribution in [0, 0.1) is 0 Å². The molecule has 7 heteroatoms. The Morgan fingerprint density at radius 1 is 0.969 bits per heavy atom. The first-order valence-corrected chi connectivity index (χ1v) is 10.9. The predicted molar refractivity (Wildman–Crippen MR) is 130 cm³/mol. The second-order valence-corrected chi connectivity index (χ2v) is 7.76. The summed E-state index contributed by atoms with van der Waals surface area (Å²) in [6.07, 6.45) is 0. The number of nitrogens with one attached hydrogen (secondary N) is 2. The van der Waals surface area contributed by atoms with Gasteiger partial charge >= 0.3 is 0 Å². The number of ether oxygens (including phenoxy) is 2. The van der Waals surface area contributed by atoms with Crippen molar-refractivity contribution >= 4 is 34.6 Å². The Balaban J connectivity index is 1.30. The lowest BCUT2D eigenvalue weighted by molar-refractivity contribution is 0.0977. The van der Waals surface area contributed by atoms with Crippen LogP contribution in [0.15, 0.2) is 78.9 Å². The fourth-order valence-corrected chi connectivity index (χ4v) is 3.59. The van der Waals surface area contributed by atoms with Gasteiger partial charge in [0.15, 0.2) is 5.11 Å². The van der Waals surface area contributed by atoms with E-state index in [-0.39, 0.29) is 11.0 Å². The number of nitrogens with zero attached hydrogens (tertiary/aromatic N) is 1. The topological polar surface area (TPSA) is 62.8 Å². The van der Waals surface area contributed by atoms with E-state index in [1.807, 2.05) is 60.7 Å². The maximum atomic E-state index is 12.6. The third kappa shape index (κ3) is 6.06. The molecule has 4 rings (SSSR count). The summed E-state index contributed by atoms with van der Waals surface area (Å²) >= 11 is 5.32. The minimum absolute atomic E-state index is 0.240. The van der Waals surface area contributed by atoms with E-state index < -0.39 is 0 Å². The van der Waals surface area contributed by atoms with Crippen LogP contribution in [0.4, 0.5) is 11.4 Å². The number of hydrogen-bond acceptors (Lipinski definition) is 5. The van der Waals surface area contributed by atoms with Crippen LogP contribution >= 0.6 is 12.2 Å². The van der Waals surface area contributed by atoms with E-state index in [9.17, 15) is 4.79 Å². The Hall–Kier alpha value is -3.42. The molecule has 0 radical (unpaired) electrons. The summed E-state index contributed by atoms with van der Waals surface area (Å²) in [7, 11) is 0. The van der Waals surface area contributed by atoms with Gasteiger partial charge in [-0.15, -0.1) is 0 Å². The van der Waals surface area contributed by atoms with Crippen LogP contribution in [-0.4, -0.2) is 37.3 Å². The smallest absolute Gasteiger partial charge is 0.257 e. The highest BCUT2D eigenvalue weighted by atomic mass is 32.1. The van der Waals surface area contributed by atoms with Crippen LogP contribution in [0.2, 0.25) is 0 Å². The highest BCUT2D eigenvalue weighted by Crippen LogP contribution is 2.19. The van der Waals surface area contributed by atoms with Crippen molar-refractivity contribution in [3.63, 3.8) is 0 Å². The highest BCUT2D eigenvalue weighted by Gasteiger charge is 2.12. The lowest BCUT2D eigenvalue weighted by Crippen LogP contribution is -2.36. The summed E-state index contributed by atoms with van der Waals surface area (Å²) in [6, 6.07) is 24.9. The molecule has 3 aromatic carbocycles. The van der Waals surface area contributed by atoms with E-state index in [0.29, 0.717) is 17.9 Å². The fourth-order valence-electron chi connectivity index (χ4n) is 3.38. The van der Waals surface area contributed by atoms with Gasteiger partial charge in [0.2, 0.25) is 0 Å². The standard InChI is InChI=1S/C25H25N3O3S/c29-24(20-7-4-8-23(17-20)31-18-19-5-2-1-3-6-19)27-25(32)26-21-9-11-22(12-10-21)28-13-15-30-16-14-28/h1-12,17H,13-16,18H2,(H2,26,27,29,32). The van der Waals surface area contributed by atoms with E-state index in [1.165, 1.54) is 0 Å². The number of morpholine rings is 1. The molecule has 3 aromatic rings. The van der Waals surface area contributed by atoms with Crippen LogP contribution in [-0.2, 0) is 11.3 Å². The molecule has 0 spiro atoms. The van der Waals surface area contributed by atoms with Gasteiger partial charge in [-0.05, 0) is 60.2 Å². The first-order chi connectivity index (χ1) is 15.7. The maximum Gasteiger partial charge on any atom is 0.257 e. The summed E-state index contributed by atoms with van der Waals surface area (Å²) in [5.74, 6) is 0.330. The number of thiocarbonyl (C=S) groups is 1. The van der Waals surface area contributed by atoms with Crippen molar-refractivity contribution < 1.29 is 14.3 Å². The van der Waals surface area contributed by atoms with Crippen molar-refractivity contribution in [2.75, 3.05) is 36.5 Å². The number of benzene rings is 3. The molecule has 0 bridgehead atoms. The van der Waals surface area contributed by atoms with E-state index in [0.717, 1.165) is 43.2 Å². The molecule has 1 aliphatic rings. The Morgan fingerprint density at radius 3 is 2.47 bits per heavy atom. The first-order valence-electron chi connectivity index (χ1n) is 10.5. The van der Waals surface area contributed by atoms with Crippen molar-refractivity contribution in [3.8, 4) is 5.75 Å². The van der Waals surface area contributed by atoms with E-state index in [2.05, 4.69) is 15.5 Å². The molecular formula is C25H25N3O3S. The molecule has 0 unspecified atom stereocenters. The Labute approximate surface area is 193 Å². The zero-order valence-electron chi connectivity index (χ0n) is 17.6. The van der Waals surface area contributed by atoms with Gasteiger partial charge in [0.25, 0.3) is 5.91 Å². The van der Waals surface area contributed by atoms with Crippen LogP contribution in [0.25, 0.3) is 0 Å². The largest absolute Gasteiger partial charge is 0.489 e. The van der Waals surface area contributed by atoms with E-state index in [1.54, 1.807) is 18.2 Å². The van der Waals surface area contributed by atoms with Gasteiger partial charge < -0.3 is 19.7 Å². The fraction of sp³-hybridized carbons (Fsp3) is 0.200. The van der Waals surface area contributed by atoms with Crippen LogP contribution in [0.1, 0.15) is 15.9 Å². The molecule has 0 aromatic heterocycles. The average Bonchev–Trinajstić information content (AvgIpc) is 2.84. The van der Waals surface area contributed by atoms with Gasteiger partial charge in [-0.2, -0.15) is 0 Å². The predicted octanol–water partition coefficient (Wildman–Crippen LogP) is 4.23. The van der Waals surface area contributed by atoms with Gasteiger partial charge in [0.05, 0.1) is 13.2 Å². The zero-order valence-corrected chi connectivity index (χ0v) is 18.4. The van der Waals surface area contributed by atoms with Gasteiger partial charge in [-0.3, -0.25) is 10.1 Å². The average molecular weight is 448 g/mol. The molecule has 1 fully saturated rings. The molecule has 1 heterocycles. The molecule has 6 nitrogen and oxygen atoms in total. The number of hydrogen-bond donors (Lipinski definition) is 2. The maximum absolute atomic E-state index is 12.6. The number of carbonyl (C=O) groups excluding carboxylic acids is 1. The quantitative estimate of drug-likeness (QED) is 0.552. The highest BCUT2D eigenvalue weighted by molar-refractivity contribution is 7.80. The number of carbonyl (C=O) groups is 1. The third-order valence-electron chi connectivity index (χ3n) is 5.07. The second kappa shape index (κ2) is 10.7. The molecule has 164 valence electrons. The summed E-state index contributed by atoms with van der Waals surface area (Å²) < 4.78 is 11.2. The molecule has 0 aliphatic carbocycles. The minimum atomic E-state index is -0.294. The number of amides is 1. The zero-order chi connectivity index (χ0) is 22.2. The number of anilines is 2. The van der Waals surface area contributed by atoms with Gasteiger partial charge in [-0.1, -0.05) is 36.4 Å². The van der Waals surface area contributed by atoms with Crippen molar-refractivity contribution in [1.29, 1.82) is 0 Å². The van der Waals surface area contributed by atoms with Crippen molar-refractivity contribution in [1.82, 2.24) is 5.32 Å². The van der Waals surface area contributed by atoms with E-state index in [4.69, 9.17) is 21.7 Å². The van der Waals surface area contributed by atoms with E-state index >= 15 is 0 Å². The SMILES string of the molecule is O=C(NC(=S)Nc1ccc(N2CCOCC2)cc1)c1cccc(OCc2ccccc2)c1. The molecule has 1 saturated heterocycles. The van der Waals surface area contributed by atoms with Crippen LogP contribution in [0.5, 0.6) is 5.75 Å². The van der Waals surface area contributed by atoms with Gasteiger partial charge in [-0.25, -0.2) is 0 Å². The molecule has 1 amide bonds. The van der Waals surface area contributed by atoms with Gasteiger partial charge in [0.1, 0.15) is 12.4 Å². The minimum Gasteiger partial charge on any atom is -0.489 e. The molecule has 0 atom stereocenters. The molecule has 32 heavy (non-hydrogen) atoms. The molecule has 0 saturated carbocycles. The monoisotopic (exact) mass is 447 g/mol. The normalized spacial score (nSPS) is 13.3.